The highest BCUT2D eigenvalue weighted by Crippen LogP contribution is 2.24. The van der Waals surface area contributed by atoms with Crippen molar-refractivity contribution in [2.45, 2.75) is 13.3 Å². The molecule has 1 aliphatic rings. The number of ether oxygens (including phenoxy) is 1. The zero-order valence-corrected chi connectivity index (χ0v) is 13.5. The minimum absolute atomic E-state index is 0.0940. The molecule has 8 nitrogen and oxygen atoms in total. The van der Waals surface area contributed by atoms with E-state index in [1.165, 1.54) is 7.11 Å². The molecule has 1 aromatic rings. The lowest BCUT2D eigenvalue weighted by molar-refractivity contribution is -0.131. The first-order valence-corrected chi connectivity index (χ1v) is 7.50. The Morgan fingerprint density at radius 2 is 1.96 bits per heavy atom. The summed E-state index contributed by atoms with van der Waals surface area (Å²) in [5.74, 6) is -1.96. The summed E-state index contributed by atoms with van der Waals surface area (Å²) in [6.07, 6.45) is 0.356. The van der Waals surface area contributed by atoms with E-state index in [9.17, 15) is 14.4 Å². The highest BCUT2D eigenvalue weighted by molar-refractivity contribution is 6.35. The Morgan fingerprint density at radius 3 is 2.50 bits per heavy atom. The van der Waals surface area contributed by atoms with Crippen molar-refractivity contribution >= 4 is 29.2 Å². The number of urea groups is 1. The van der Waals surface area contributed by atoms with Crippen LogP contribution in [0.15, 0.2) is 29.3 Å². The number of rotatable bonds is 6. The van der Waals surface area contributed by atoms with Crippen LogP contribution in [0.5, 0.6) is 5.75 Å². The number of benzene rings is 1. The maximum absolute atomic E-state index is 12.7. The zero-order valence-electron chi connectivity index (χ0n) is 13.5. The van der Waals surface area contributed by atoms with Gasteiger partial charge in [-0.05, 0) is 30.7 Å². The van der Waals surface area contributed by atoms with Crippen LogP contribution in [0.4, 0.5) is 10.5 Å². The molecule has 1 fully saturated rings. The molecule has 1 saturated heterocycles. The summed E-state index contributed by atoms with van der Waals surface area (Å²) in [4.78, 5) is 42.0. The van der Waals surface area contributed by atoms with Crippen molar-refractivity contribution in [3.8, 4) is 5.75 Å². The van der Waals surface area contributed by atoms with E-state index >= 15 is 0 Å². The largest absolute Gasteiger partial charge is 0.497 e. The number of aliphatic hydroxyl groups is 1. The molecule has 8 heteroatoms. The topological polar surface area (TPSA) is 108 Å². The van der Waals surface area contributed by atoms with E-state index in [-0.39, 0.29) is 13.2 Å². The molecule has 1 unspecified atom stereocenters. The van der Waals surface area contributed by atoms with Crippen LogP contribution in [0.1, 0.15) is 13.3 Å². The van der Waals surface area contributed by atoms with E-state index < -0.39 is 23.8 Å². The molecule has 0 bridgehead atoms. The Labute approximate surface area is 139 Å². The van der Waals surface area contributed by atoms with Gasteiger partial charge >= 0.3 is 6.03 Å². The monoisotopic (exact) mass is 333 g/mol. The first kappa shape index (κ1) is 17.6. The van der Waals surface area contributed by atoms with Crippen LogP contribution in [0.3, 0.4) is 0 Å². The van der Waals surface area contributed by atoms with Gasteiger partial charge in [0.1, 0.15) is 5.75 Å². The number of aliphatic hydroxyl groups excluding tert-OH is 1. The predicted octanol–water partition coefficient (Wildman–Crippen LogP) is 0.737. The lowest BCUT2D eigenvalue weighted by Gasteiger charge is -2.30. The smallest absolute Gasteiger partial charge is 0.335 e. The number of imide groups is 2. The molecule has 1 heterocycles. The van der Waals surface area contributed by atoms with Gasteiger partial charge in [0.25, 0.3) is 5.91 Å². The summed E-state index contributed by atoms with van der Waals surface area (Å²) in [5.41, 5.74) is 0.658. The van der Waals surface area contributed by atoms with Gasteiger partial charge in [0, 0.05) is 5.71 Å². The molecule has 4 amide bonds. The Morgan fingerprint density at radius 1 is 1.29 bits per heavy atom. The molecule has 2 rings (SSSR count). The quantitative estimate of drug-likeness (QED) is 0.589. The molecule has 0 spiro atoms. The first-order valence-electron chi connectivity index (χ1n) is 7.50. The highest BCUT2D eigenvalue weighted by Gasteiger charge is 2.43. The predicted molar refractivity (Wildman–Crippen MR) is 87.2 cm³/mol. The maximum Gasteiger partial charge on any atom is 0.335 e. The molecule has 2 N–H and O–H groups in total. The van der Waals surface area contributed by atoms with E-state index in [0.717, 1.165) is 4.90 Å². The van der Waals surface area contributed by atoms with E-state index in [1.807, 2.05) is 0 Å². The summed E-state index contributed by atoms with van der Waals surface area (Å²) in [7, 11) is 1.51. The summed E-state index contributed by atoms with van der Waals surface area (Å²) in [6.45, 7) is 1.66. The highest BCUT2D eigenvalue weighted by atomic mass is 16.5. The Hall–Kier alpha value is -2.74. The molecule has 1 aromatic carbocycles. The molecule has 1 aliphatic heterocycles. The molecule has 24 heavy (non-hydrogen) atoms. The normalized spacial score (nSPS) is 18.6. The fourth-order valence-corrected chi connectivity index (χ4v) is 2.45. The third-order valence-corrected chi connectivity index (χ3v) is 3.60. The number of carbonyl (C=O) groups excluding carboxylic acids is 3. The number of amides is 4. The number of aliphatic imine (C=N–C) groups is 1. The van der Waals surface area contributed by atoms with Gasteiger partial charge < -0.3 is 9.84 Å². The lowest BCUT2D eigenvalue weighted by Crippen LogP contribution is -2.60. The van der Waals surface area contributed by atoms with E-state index in [1.54, 1.807) is 31.2 Å². The summed E-state index contributed by atoms with van der Waals surface area (Å²) >= 11 is 0. The van der Waals surface area contributed by atoms with Crippen LogP contribution >= 0.6 is 0 Å². The first-order chi connectivity index (χ1) is 11.5. The van der Waals surface area contributed by atoms with Crippen LogP contribution in [0.25, 0.3) is 0 Å². The fraction of sp³-hybridized carbons (Fsp3) is 0.375. The van der Waals surface area contributed by atoms with Crippen molar-refractivity contribution in [3.63, 3.8) is 0 Å². The second kappa shape index (κ2) is 7.69. The fourth-order valence-electron chi connectivity index (χ4n) is 2.45. The van der Waals surface area contributed by atoms with Crippen molar-refractivity contribution in [3.05, 3.63) is 24.3 Å². The maximum atomic E-state index is 12.7. The number of hydrogen-bond donors (Lipinski definition) is 2. The van der Waals surface area contributed by atoms with Gasteiger partial charge in [0.15, 0.2) is 5.92 Å². The van der Waals surface area contributed by atoms with Crippen LogP contribution in [0.2, 0.25) is 0 Å². The van der Waals surface area contributed by atoms with Gasteiger partial charge in [-0.15, -0.1) is 0 Å². The number of hydrogen-bond acceptors (Lipinski definition) is 6. The van der Waals surface area contributed by atoms with Gasteiger partial charge in [-0.2, -0.15) is 0 Å². The Kier molecular flexibility index (Phi) is 5.64. The molecule has 0 saturated carbocycles. The third-order valence-electron chi connectivity index (χ3n) is 3.60. The standard InChI is InChI=1S/C16H19N3O5/c1-3-12(17-8-9-20)13-14(21)18-16(23)19(15(13)22)10-4-6-11(24-2)7-5-10/h4-7,13,20H,3,8-9H2,1-2H3,(H,18,21,23). The second-order valence-electron chi connectivity index (χ2n) is 5.05. The molecule has 1 atom stereocenters. The number of nitrogens with one attached hydrogen (secondary N) is 1. The van der Waals surface area contributed by atoms with Crippen molar-refractivity contribution < 1.29 is 24.2 Å². The number of carbonyl (C=O) groups is 3. The molecule has 0 aliphatic carbocycles. The minimum Gasteiger partial charge on any atom is -0.497 e. The summed E-state index contributed by atoms with van der Waals surface area (Å²) < 4.78 is 5.05. The van der Waals surface area contributed by atoms with Crippen molar-refractivity contribution in [2.75, 3.05) is 25.2 Å². The van der Waals surface area contributed by atoms with Crippen LogP contribution in [0, 0.1) is 5.92 Å². The van der Waals surface area contributed by atoms with Crippen molar-refractivity contribution in [2.24, 2.45) is 10.9 Å². The molecule has 128 valence electrons. The van der Waals surface area contributed by atoms with Gasteiger partial charge in [0.2, 0.25) is 5.91 Å². The number of anilines is 1. The number of methoxy groups -OCH3 is 1. The Bertz CT molecular complexity index is 669. The Balaban J connectivity index is 2.36. The van der Waals surface area contributed by atoms with Gasteiger partial charge in [-0.3, -0.25) is 19.9 Å². The number of barbiturate groups is 1. The van der Waals surface area contributed by atoms with Crippen molar-refractivity contribution in [1.29, 1.82) is 0 Å². The van der Waals surface area contributed by atoms with Gasteiger partial charge in [-0.25, -0.2) is 9.69 Å². The second-order valence-corrected chi connectivity index (χ2v) is 5.05. The molecular weight excluding hydrogens is 314 g/mol. The molecule has 0 aromatic heterocycles. The minimum atomic E-state index is -1.18. The van der Waals surface area contributed by atoms with Crippen LogP contribution < -0.4 is 15.0 Å². The summed E-state index contributed by atoms with van der Waals surface area (Å²) in [6, 6.07) is 5.53. The zero-order chi connectivity index (χ0) is 17.7. The van der Waals surface area contributed by atoms with Gasteiger partial charge in [0.05, 0.1) is 25.9 Å². The van der Waals surface area contributed by atoms with Crippen molar-refractivity contribution in [1.82, 2.24) is 5.32 Å². The SMILES string of the molecule is CCC(=NCCO)C1C(=O)NC(=O)N(c2ccc(OC)cc2)C1=O. The molecular formula is C16H19N3O5. The molecule has 0 radical (unpaired) electrons. The average Bonchev–Trinajstić information content (AvgIpc) is 2.58. The van der Waals surface area contributed by atoms with E-state index in [4.69, 9.17) is 9.84 Å². The van der Waals surface area contributed by atoms with Crippen LogP contribution in [-0.4, -0.2) is 48.9 Å². The summed E-state index contributed by atoms with van der Waals surface area (Å²) in [5, 5.41) is 11.1. The van der Waals surface area contributed by atoms with E-state index in [0.29, 0.717) is 23.6 Å². The van der Waals surface area contributed by atoms with Gasteiger partial charge in [-0.1, -0.05) is 6.92 Å². The van der Waals surface area contributed by atoms with E-state index in [2.05, 4.69) is 10.3 Å². The van der Waals surface area contributed by atoms with Crippen LogP contribution in [-0.2, 0) is 9.59 Å². The number of nitrogens with zero attached hydrogens (tertiary/aromatic N) is 2. The third kappa shape index (κ3) is 3.43. The average molecular weight is 333 g/mol. The lowest BCUT2D eigenvalue weighted by atomic mass is 9.96.